The van der Waals surface area contributed by atoms with Crippen LogP contribution in [0.1, 0.15) is 42.3 Å². The van der Waals surface area contributed by atoms with E-state index in [0.717, 1.165) is 6.54 Å². The number of hydrazine groups is 1. The van der Waals surface area contributed by atoms with Crippen LogP contribution in [0.15, 0.2) is 35.1 Å². The molecule has 8 heteroatoms. The van der Waals surface area contributed by atoms with Gasteiger partial charge in [-0.05, 0) is 19.4 Å². The molecule has 1 fully saturated rings. The number of nitrogens with one attached hydrogen (secondary N) is 4. The van der Waals surface area contributed by atoms with Crippen LogP contribution in [0.4, 0.5) is 5.82 Å². The van der Waals surface area contributed by atoms with E-state index in [2.05, 4.69) is 33.4 Å². The summed E-state index contributed by atoms with van der Waals surface area (Å²) in [4.78, 5) is 25.0. The minimum Gasteiger partial charge on any atom is -0.310 e. The second-order valence-electron chi connectivity index (χ2n) is 7.02. The molecule has 7 nitrogen and oxygen atoms in total. The lowest BCUT2D eigenvalue weighted by molar-refractivity contribution is -0.113. The summed E-state index contributed by atoms with van der Waals surface area (Å²) in [5.41, 5.74) is 8.31. The molecule has 2 aliphatic rings. The average Bonchev–Trinajstić information content (AvgIpc) is 3.18. The third kappa shape index (κ3) is 2.98. The number of anilines is 1. The van der Waals surface area contributed by atoms with Crippen molar-refractivity contribution in [3.8, 4) is 0 Å². The quantitative estimate of drug-likeness (QED) is 0.660. The average molecular weight is 373 g/mol. The summed E-state index contributed by atoms with van der Waals surface area (Å²) in [5.74, 6) is 1.04. The monoisotopic (exact) mass is 373 g/mol. The van der Waals surface area contributed by atoms with Crippen LogP contribution < -0.4 is 21.7 Å². The maximum absolute atomic E-state index is 12.8. The number of aromatic amines is 1. The van der Waals surface area contributed by atoms with Crippen molar-refractivity contribution >= 4 is 23.5 Å². The molecular formula is C18H23N5O2S. The third-order valence-electron chi connectivity index (χ3n) is 4.99. The lowest BCUT2D eigenvalue weighted by Crippen LogP contribution is -2.26. The van der Waals surface area contributed by atoms with E-state index in [-0.39, 0.29) is 34.7 Å². The van der Waals surface area contributed by atoms with Gasteiger partial charge in [-0.2, -0.15) is 0 Å². The number of carbonyl (C=O) groups is 1. The van der Waals surface area contributed by atoms with Crippen LogP contribution in [0.2, 0.25) is 0 Å². The molecule has 3 heterocycles. The first-order valence-electron chi connectivity index (χ1n) is 8.85. The minimum atomic E-state index is -0.118. The summed E-state index contributed by atoms with van der Waals surface area (Å²) >= 11 is 1.54. The van der Waals surface area contributed by atoms with E-state index >= 15 is 0 Å². The Balaban J connectivity index is 1.78. The SMILES string of the molecule is CC(C)n1[nH]c(=O)c2c1NC(=O)CSC2C1CNNC1c1ccccc1. The molecule has 0 bridgehead atoms. The Morgan fingerprint density at radius 2 is 1.96 bits per heavy atom. The van der Waals surface area contributed by atoms with E-state index < -0.39 is 0 Å². The fraction of sp³-hybridized carbons (Fsp3) is 0.444. The molecule has 4 rings (SSSR count). The molecule has 3 unspecified atom stereocenters. The Labute approximate surface area is 155 Å². The zero-order chi connectivity index (χ0) is 18.3. The van der Waals surface area contributed by atoms with Gasteiger partial charge in [0.05, 0.1) is 17.4 Å². The molecule has 0 spiro atoms. The molecule has 2 aromatic rings. The summed E-state index contributed by atoms with van der Waals surface area (Å²) in [6.45, 7) is 4.71. The highest BCUT2D eigenvalue weighted by Crippen LogP contribution is 2.46. The van der Waals surface area contributed by atoms with E-state index in [4.69, 9.17) is 0 Å². The molecule has 1 amide bonds. The summed E-state index contributed by atoms with van der Waals surface area (Å²) in [6.07, 6.45) is 0. The predicted octanol–water partition coefficient (Wildman–Crippen LogP) is 1.95. The third-order valence-corrected chi connectivity index (χ3v) is 6.36. The van der Waals surface area contributed by atoms with Crippen LogP contribution in [0, 0.1) is 5.92 Å². The van der Waals surface area contributed by atoms with Crippen molar-refractivity contribution in [1.82, 2.24) is 20.6 Å². The highest BCUT2D eigenvalue weighted by molar-refractivity contribution is 8.00. The number of benzene rings is 1. The largest absolute Gasteiger partial charge is 0.310 e. The first-order chi connectivity index (χ1) is 12.6. The van der Waals surface area contributed by atoms with Gasteiger partial charge in [-0.3, -0.25) is 24.8 Å². The van der Waals surface area contributed by atoms with Gasteiger partial charge < -0.3 is 5.32 Å². The van der Waals surface area contributed by atoms with E-state index in [1.807, 2.05) is 32.0 Å². The smallest absolute Gasteiger partial charge is 0.270 e. The van der Waals surface area contributed by atoms with Gasteiger partial charge in [-0.1, -0.05) is 30.3 Å². The van der Waals surface area contributed by atoms with Gasteiger partial charge in [0.1, 0.15) is 5.82 Å². The van der Waals surface area contributed by atoms with Crippen molar-refractivity contribution < 1.29 is 4.79 Å². The molecule has 0 aliphatic carbocycles. The second-order valence-corrected chi connectivity index (χ2v) is 8.15. The van der Waals surface area contributed by atoms with Crippen molar-refractivity contribution in [2.45, 2.75) is 31.2 Å². The standard InChI is InChI=1S/C18H23N5O2S/c1-10(2)23-17-14(18(25)22-23)16(26-9-13(24)20-17)12-8-19-21-15(12)11-6-4-3-5-7-11/h3-7,10,12,15-16,19,21H,8-9H2,1-2H3,(H,20,24)(H,22,25). The molecule has 0 saturated carbocycles. The Bertz CT molecular complexity index is 860. The van der Waals surface area contributed by atoms with Gasteiger partial charge in [0.15, 0.2) is 0 Å². The predicted molar refractivity (Wildman–Crippen MR) is 103 cm³/mol. The topological polar surface area (TPSA) is 91.0 Å². The molecule has 0 radical (unpaired) electrons. The Hall–Kier alpha value is -2.03. The zero-order valence-corrected chi connectivity index (χ0v) is 15.6. The van der Waals surface area contributed by atoms with Gasteiger partial charge in [0.2, 0.25) is 5.91 Å². The molecule has 4 N–H and O–H groups in total. The first-order valence-corrected chi connectivity index (χ1v) is 9.90. The lowest BCUT2D eigenvalue weighted by Gasteiger charge is -2.26. The summed E-state index contributed by atoms with van der Waals surface area (Å²) in [6, 6.07) is 10.3. The fourth-order valence-corrected chi connectivity index (χ4v) is 5.07. The minimum absolute atomic E-state index is 0.0558. The van der Waals surface area contributed by atoms with Crippen LogP contribution in [0.5, 0.6) is 0 Å². The van der Waals surface area contributed by atoms with E-state index in [1.165, 1.54) is 5.56 Å². The number of fused-ring (bicyclic) bond motifs is 1. The van der Waals surface area contributed by atoms with Crippen LogP contribution >= 0.6 is 11.8 Å². The molecule has 2 aliphatic heterocycles. The number of carbonyl (C=O) groups excluding carboxylic acids is 1. The molecule has 3 atom stereocenters. The number of nitrogens with zero attached hydrogens (tertiary/aromatic N) is 1. The van der Waals surface area contributed by atoms with Gasteiger partial charge in [0, 0.05) is 23.8 Å². The summed E-state index contributed by atoms with van der Waals surface area (Å²) in [7, 11) is 0. The maximum atomic E-state index is 12.8. The summed E-state index contributed by atoms with van der Waals surface area (Å²) in [5, 5.41) is 5.75. The number of hydrogen-bond acceptors (Lipinski definition) is 5. The normalized spacial score (nSPS) is 25.8. The van der Waals surface area contributed by atoms with Crippen LogP contribution in [0.3, 0.4) is 0 Å². The van der Waals surface area contributed by atoms with Crippen molar-refractivity contribution in [3.63, 3.8) is 0 Å². The lowest BCUT2D eigenvalue weighted by atomic mass is 9.89. The van der Waals surface area contributed by atoms with Gasteiger partial charge in [-0.15, -0.1) is 11.8 Å². The zero-order valence-electron chi connectivity index (χ0n) is 14.8. The van der Waals surface area contributed by atoms with Crippen LogP contribution in [-0.2, 0) is 4.79 Å². The first kappa shape index (κ1) is 17.4. The van der Waals surface area contributed by atoms with E-state index in [0.29, 0.717) is 17.1 Å². The highest BCUT2D eigenvalue weighted by Gasteiger charge is 2.41. The Kier molecular flexibility index (Phi) is 4.64. The van der Waals surface area contributed by atoms with Crippen molar-refractivity contribution in [1.29, 1.82) is 0 Å². The van der Waals surface area contributed by atoms with Gasteiger partial charge in [0.25, 0.3) is 5.56 Å². The van der Waals surface area contributed by atoms with Gasteiger partial charge in [-0.25, -0.2) is 5.43 Å². The number of thioether (sulfide) groups is 1. The number of aromatic nitrogens is 2. The Morgan fingerprint density at radius 3 is 2.69 bits per heavy atom. The van der Waals surface area contributed by atoms with Crippen LogP contribution in [0.25, 0.3) is 0 Å². The Morgan fingerprint density at radius 1 is 1.19 bits per heavy atom. The van der Waals surface area contributed by atoms with Crippen molar-refractivity contribution in [2.24, 2.45) is 5.92 Å². The van der Waals surface area contributed by atoms with Crippen LogP contribution in [-0.4, -0.2) is 28.0 Å². The summed E-state index contributed by atoms with van der Waals surface area (Å²) < 4.78 is 1.77. The number of hydrogen-bond donors (Lipinski definition) is 4. The maximum Gasteiger partial charge on any atom is 0.270 e. The second kappa shape index (κ2) is 6.94. The van der Waals surface area contributed by atoms with Crippen molar-refractivity contribution in [3.05, 3.63) is 51.8 Å². The molecule has 1 aromatic carbocycles. The van der Waals surface area contributed by atoms with E-state index in [1.54, 1.807) is 16.4 Å². The van der Waals surface area contributed by atoms with E-state index in [9.17, 15) is 9.59 Å². The molecule has 1 saturated heterocycles. The number of amides is 1. The van der Waals surface area contributed by atoms with Gasteiger partial charge >= 0.3 is 0 Å². The van der Waals surface area contributed by atoms with Crippen molar-refractivity contribution in [2.75, 3.05) is 17.6 Å². The molecule has 26 heavy (non-hydrogen) atoms. The fourth-order valence-electron chi connectivity index (χ4n) is 3.78. The number of H-pyrrole nitrogens is 1. The highest BCUT2D eigenvalue weighted by atomic mass is 32.2. The molecule has 138 valence electrons. The molecular weight excluding hydrogens is 350 g/mol. The number of rotatable bonds is 3. The molecule has 1 aromatic heterocycles.